The van der Waals surface area contributed by atoms with Crippen molar-refractivity contribution in [1.29, 1.82) is 0 Å². The van der Waals surface area contributed by atoms with Crippen LogP contribution in [0.15, 0.2) is 41.3 Å². The van der Waals surface area contributed by atoms with E-state index in [1.165, 1.54) is 63.5 Å². The Morgan fingerprint density at radius 3 is 2.08 bits per heavy atom. The van der Waals surface area contributed by atoms with E-state index < -0.39 is 10.1 Å². The quantitative estimate of drug-likeness (QED) is 0.340. The Bertz CT molecular complexity index is 772. The average molecular weight is 385 g/mol. The van der Waals surface area contributed by atoms with Crippen LogP contribution in [0.1, 0.15) is 70.3 Å². The fourth-order valence-electron chi connectivity index (χ4n) is 3.32. The molecular formula is C21H29NaO3S. The summed E-state index contributed by atoms with van der Waals surface area (Å²) in [6.45, 7) is 2.24. The van der Waals surface area contributed by atoms with Gasteiger partial charge in [-0.15, -0.1) is 0 Å². The van der Waals surface area contributed by atoms with Gasteiger partial charge in [0.15, 0.2) is 0 Å². The van der Waals surface area contributed by atoms with Crippen LogP contribution >= 0.6 is 0 Å². The normalized spacial score (nSPS) is 11.5. The van der Waals surface area contributed by atoms with E-state index in [1.54, 1.807) is 6.07 Å². The number of rotatable bonds is 11. The molecule has 0 heterocycles. The van der Waals surface area contributed by atoms with Crippen LogP contribution in [-0.2, 0) is 16.5 Å². The minimum Gasteiger partial charge on any atom is -0.744 e. The van der Waals surface area contributed by atoms with Crippen LogP contribution in [0, 0.1) is 0 Å². The summed E-state index contributed by atoms with van der Waals surface area (Å²) in [7, 11) is -4.40. The van der Waals surface area contributed by atoms with Gasteiger partial charge in [0.25, 0.3) is 0 Å². The molecule has 0 saturated heterocycles. The van der Waals surface area contributed by atoms with Crippen LogP contribution in [0.5, 0.6) is 0 Å². The number of hydrogen-bond donors (Lipinski definition) is 0. The molecule has 0 fully saturated rings. The third-order valence-electron chi connectivity index (χ3n) is 4.78. The summed E-state index contributed by atoms with van der Waals surface area (Å²) < 4.78 is 33.8. The zero-order valence-corrected chi connectivity index (χ0v) is 19.0. The fourth-order valence-corrected chi connectivity index (χ4v) is 3.81. The summed E-state index contributed by atoms with van der Waals surface area (Å²) in [5.41, 5.74) is 1.13. The molecule has 3 nitrogen and oxygen atoms in total. The third kappa shape index (κ3) is 7.69. The molecule has 0 spiro atoms. The van der Waals surface area contributed by atoms with Crippen molar-refractivity contribution in [2.45, 2.75) is 76.0 Å². The van der Waals surface area contributed by atoms with Gasteiger partial charge >= 0.3 is 29.6 Å². The molecule has 0 aliphatic heterocycles. The van der Waals surface area contributed by atoms with Crippen molar-refractivity contribution >= 4 is 20.9 Å². The van der Waals surface area contributed by atoms with Gasteiger partial charge < -0.3 is 4.55 Å². The fraction of sp³-hybridized carbons (Fsp3) is 0.524. The van der Waals surface area contributed by atoms with Crippen LogP contribution in [0.4, 0.5) is 0 Å². The second-order valence-corrected chi connectivity index (χ2v) is 8.21. The van der Waals surface area contributed by atoms with Crippen LogP contribution in [0.2, 0.25) is 0 Å². The molecular weight excluding hydrogens is 355 g/mol. The molecule has 0 N–H and O–H groups in total. The molecule has 0 atom stereocenters. The molecule has 2 aromatic rings. The van der Waals surface area contributed by atoms with Gasteiger partial charge in [0.1, 0.15) is 10.1 Å². The Balaban J connectivity index is 0.00000338. The predicted octanol–water partition coefficient (Wildman–Crippen LogP) is 2.82. The van der Waals surface area contributed by atoms with Gasteiger partial charge in [0.05, 0.1) is 4.90 Å². The molecule has 0 aliphatic rings. The maximum absolute atomic E-state index is 11.3. The largest absolute Gasteiger partial charge is 1.00 e. The van der Waals surface area contributed by atoms with Crippen molar-refractivity contribution in [1.82, 2.24) is 0 Å². The topological polar surface area (TPSA) is 57.2 Å². The van der Waals surface area contributed by atoms with Crippen LogP contribution in [-0.4, -0.2) is 13.0 Å². The molecule has 0 aromatic heterocycles. The van der Waals surface area contributed by atoms with Gasteiger partial charge in [-0.25, -0.2) is 8.42 Å². The third-order valence-corrected chi connectivity index (χ3v) is 5.61. The van der Waals surface area contributed by atoms with E-state index in [1.807, 2.05) is 18.2 Å². The number of unbranched alkanes of at least 4 members (excludes halogenated alkanes) is 8. The van der Waals surface area contributed by atoms with E-state index in [0.29, 0.717) is 0 Å². The standard InChI is InChI=1S/C21H30O3S.Na/c1-2-3-4-5-6-7-8-9-10-12-18-13-11-14-19-15-16-20(17-21(18)19)25(22,23)24;/h11,13-17H,2-10,12H2,1H3,(H,22,23,24);/q;+1/p-1. The summed E-state index contributed by atoms with van der Waals surface area (Å²) in [4.78, 5) is -0.139. The van der Waals surface area contributed by atoms with E-state index in [0.717, 1.165) is 29.2 Å². The Kier molecular flexibility index (Phi) is 11.0. The molecule has 0 bridgehead atoms. The van der Waals surface area contributed by atoms with E-state index in [-0.39, 0.29) is 34.5 Å². The maximum atomic E-state index is 11.3. The van der Waals surface area contributed by atoms with E-state index in [9.17, 15) is 13.0 Å². The van der Waals surface area contributed by atoms with E-state index in [2.05, 4.69) is 6.92 Å². The van der Waals surface area contributed by atoms with Gasteiger partial charge in [-0.2, -0.15) is 0 Å². The zero-order chi connectivity index (χ0) is 18.1. The van der Waals surface area contributed by atoms with Gasteiger partial charge in [-0.1, -0.05) is 82.6 Å². The van der Waals surface area contributed by atoms with Gasteiger partial charge in [-0.05, 0) is 41.3 Å². The molecule has 26 heavy (non-hydrogen) atoms. The first-order chi connectivity index (χ1) is 12.0. The second-order valence-electron chi connectivity index (χ2n) is 6.83. The van der Waals surface area contributed by atoms with Crippen molar-refractivity contribution in [3.63, 3.8) is 0 Å². The SMILES string of the molecule is CCCCCCCCCCCc1cccc2ccc(S(=O)(=O)[O-])cc12.[Na+]. The van der Waals surface area contributed by atoms with E-state index >= 15 is 0 Å². The Morgan fingerprint density at radius 1 is 0.846 bits per heavy atom. The van der Waals surface area contributed by atoms with Crippen molar-refractivity contribution in [3.8, 4) is 0 Å². The Morgan fingerprint density at radius 2 is 1.46 bits per heavy atom. The Labute approximate surface area is 180 Å². The molecule has 0 unspecified atom stereocenters. The van der Waals surface area contributed by atoms with Crippen LogP contribution in [0.3, 0.4) is 0 Å². The minimum absolute atomic E-state index is 0. The molecule has 0 aliphatic carbocycles. The molecule has 0 radical (unpaired) electrons. The summed E-state index contributed by atoms with van der Waals surface area (Å²) >= 11 is 0. The average Bonchev–Trinajstić information content (AvgIpc) is 2.59. The van der Waals surface area contributed by atoms with Crippen LogP contribution in [0.25, 0.3) is 10.8 Å². The molecule has 5 heteroatoms. The Hall–Kier alpha value is -0.390. The number of fused-ring (bicyclic) bond motifs is 1. The summed E-state index contributed by atoms with van der Waals surface area (Å²) in [6.07, 6.45) is 12.5. The number of aryl methyl sites for hydroxylation is 1. The minimum atomic E-state index is -4.40. The summed E-state index contributed by atoms with van der Waals surface area (Å²) in [5, 5.41) is 1.87. The number of hydrogen-bond acceptors (Lipinski definition) is 3. The van der Waals surface area contributed by atoms with Crippen molar-refractivity contribution in [2.75, 3.05) is 0 Å². The molecule has 0 saturated carbocycles. The number of benzene rings is 2. The summed E-state index contributed by atoms with van der Waals surface area (Å²) in [5.74, 6) is 0. The zero-order valence-electron chi connectivity index (χ0n) is 16.2. The molecule has 2 aromatic carbocycles. The van der Waals surface area contributed by atoms with Gasteiger partial charge in [0, 0.05) is 0 Å². The van der Waals surface area contributed by atoms with Crippen LogP contribution < -0.4 is 29.6 Å². The smallest absolute Gasteiger partial charge is 0.744 e. The predicted molar refractivity (Wildman–Crippen MR) is 103 cm³/mol. The van der Waals surface area contributed by atoms with E-state index in [4.69, 9.17) is 0 Å². The first-order valence-corrected chi connectivity index (χ1v) is 10.9. The summed E-state index contributed by atoms with van der Waals surface area (Å²) in [6, 6.07) is 10.6. The van der Waals surface area contributed by atoms with Crippen molar-refractivity contribution in [3.05, 3.63) is 42.0 Å². The first kappa shape index (κ1) is 23.6. The second kappa shape index (κ2) is 12.1. The molecule has 2 rings (SSSR count). The maximum Gasteiger partial charge on any atom is 1.00 e. The monoisotopic (exact) mass is 384 g/mol. The molecule has 0 amide bonds. The van der Waals surface area contributed by atoms with Crippen molar-refractivity contribution in [2.24, 2.45) is 0 Å². The first-order valence-electron chi connectivity index (χ1n) is 9.50. The van der Waals surface area contributed by atoms with Crippen molar-refractivity contribution < 1.29 is 42.5 Å². The van der Waals surface area contributed by atoms with Gasteiger partial charge in [-0.3, -0.25) is 0 Å². The molecule has 138 valence electrons. The van der Waals surface area contributed by atoms with Gasteiger partial charge in [0.2, 0.25) is 0 Å².